The van der Waals surface area contributed by atoms with Crippen LogP contribution in [0.3, 0.4) is 0 Å². The molecule has 4 aliphatic rings. The number of aliphatic hydroxyl groups is 2. The second-order valence-electron chi connectivity index (χ2n) is 8.22. The molecule has 0 heterocycles. The summed E-state index contributed by atoms with van der Waals surface area (Å²) in [5.41, 5.74) is -7.87. The second kappa shape index (κ2) is 5.01. The van der Waals surface area contributed by atoms with Crippen molar-refractivity contribution in [2.24, 2.45) is 11.7 Å². The van der Waals surface area contributed by atoms with E-state index in [1.165, 1.54) is 30.3 Å². The summed E-state index contributed by atoms with van der Waals surface area (Å²) in [4.78, 5) is 33.5. The monoisotopic (exact) mass is 394 g/mol. The lowest BCUT2D eigenvalue weighted by molar-refractivity contribution is -0.813. The van der Waals surface area contributed by atoms with Crippen LogP contribution in [0.2, 0.25) is 0 Å². The highest BCUT2D eigenvalue weighted by Crippen LogP contribution is 2.71. The summed E-state index contributed by atoms with van der Waals surface area (Å²) in [5, 5.41) is 59.2. The summed E-state index contributed by atoms with van der Waals surface area (Å²) in [6.07, 6.45) is -1.68. The molecule has 150 valence electrons. The summed E-state index contributed by atoms with van der Waals surface area (Å²) in [6, 6.07) is 6.83. The molecule has 0 radical (unpaired) electrons. The maximum absolute atomic E-state index is 12.5. The van der Waals surface area contributed by atoms with E-state index in [1.54, 1.807) is 0 Å². The first kappa shape index (κ1) is 18.7. The highest BCUT2D eigenvalue weighted by Gasteiger charge is 3.02. The standard InChI is InChI=1S/C16H18N4O8/c17-12-6-10-7-13(21,9-12)16(22,20(27)28)14(8-10,18(23)24)15(12,19(25)26)11-4-2-1-3-5-11/h1-5,10,21-22H,6-9,17H2. The lowest BCUT2D eigenvalue weighted by atomic mass is 9.36. The summed E-state index contributed by atoms with van der Waals surface area (Å²) in [5.74, 6) is -0.675. The quantitative estimate of drug-likeness (QED) is 0.351. The molecular weight excluding hydrogens is 376 g/mol. The topological polar surface area (TPSA) is 196 Å². The fourth-order valence-electron chi connectivity index (χ4n) is 6.47. The van der Waals surface area contributed by atoms with Gasteiger partial charge in [-0.2, -0.15) is 0 Å². The molecule has 12 nitrogen and oxygen atoms in total. The number of rotatable bonds is 4. The van der Waals surface area contributed by atoms with E-state index in [2.05, 4.69) is 0 Å². The second-order valence-corrected chi connectivity index (χ2v) is 8.22. The van der Waals surface area contributed by atoms with Crippen molar-refractivity contribution in [1.29, 1.82) is 0 Å². The van der Waals surface area contributed by atoms with Crippen LogP contribution in [0.4, 0.5) is 0 Å². The van der Waals surface area contributed by atoms with E-state index >= 15 is 0 Å². The molecule has 0 aromatic heterocycles. The van der Waals surface area contributed by atoms with E-state index in [-0.39, 0.29) is 18.4 Å². The molecule has 0 spiro atoms. The van der Waals surface area contributed by atoms with Crippen molar-refractivity contribution in [2.45, 2.75) is 53.6 Å². The van der Waals surface area contributed by atoms with E-state index in [0.29, 0.717) is 0 Å². The van der Waals surface area contributed by atoms with Gasteiger partial charge >= 0.3 is 16.8 Å². The summed E-state index contributed by atoms with van der Waals surface area (Å²) >= 11 is 0. The average Bonchev–Trinajstić information content (AvgIpc) is 2.58. The molecule has 1 aromatic rings. The van der Waals surface area contributed by atoms with Gasteiger partial charge in [0.25, 0.3) is 0 Å². The number of benzene rings is 1. The number of nitrogens with two attached hydrogens (primary N) is 1. The number of nitro groups is 3. The van der Waals surface area contributed by atoms with Crippen LogP contribution in [0.25, 0.3) is 0 Å². The Morgan fingerprint density at radius 1 is 0.929 bits per heavy atom. The van der Waals surface area contributed by atoms with Crippen molar-refractivity contribution >= 4 is 0 Å². The zero-order chi connectivity index (χ0) is 20.8. The van der Waals surface area contributed by atoms with E-state index < -0.39 is 61.5 Å². The fraction of sp³-hybridized carbons (Fsp3) is 0.625. The molecule has 4 aliphatic carbocycles. The van der Waals surface area contributed by atoms with Crippen LogP contribution in [-0.4, -0.2) is 47.4 Å². The van der Waals surface area contributed by atoms with Crippen LogP contribution in [0.15, 0.2) is 30.3 Å². The third-order valence-electron chi connectivity index (χ3n) is 7.06. The van der Waals surface area contributed by atoms with E-state index in [1.807, 2.05) is 0 Å². The summed E-state index contributed by atoms with van der Waals surface area (Å²) in [6.45, 7) is 0. The van der Waals surface area contributed by atoms with Gasteiger partial charge in [-0.05, 0) is 18.8 Å². The van der Waals surface area contributed by atoms with Crippen LogP contribution in [0.1, 0.15) is 31.2 Å². The lowest BCUT2D eigenvalue weighted by Gasteiger charge is -2.65. The number of hydrogen-bond acceptors (Lipinski definition) is 9. The molecule has 0 amide bonds. The number of nitrogens with zero attached hydrogens (tertiary/aromatic N) is 3. The molecule has 6 atom stereocenters. The van der Waals surface area contributed by atoms with Gasteiger partial charge in [-0.1, -0.05) is 30.3 Å². The van der Waals surface area contributed by atoms with Crippen molar-refractivity contribution in [3.05, 3.63) is 66.2 Å². The fourth-order valence-corrected chi connectivity index (χ4v) is 6.47. The SMILES string of the molecule is NC12CC3CC(O)(C1)C(O)([N+](=O)[O-])C([N+](=O)[O-])(C3)C2(c1ccccc1)[N+](=O)[O-]. The first-order valence-corrected chi connectivity index (χ1v) is 8.66. The minimum atomic E-state index is -3.59. The molecule has 28 heavy (non-hydrogen) atoms. The van der Waals surface area contributed by atoms with E-state index in [4.69, 9.17) is 5.73 Å². The predicted molar refractivity (Wildman–Crippen MR) is 90.6 cm³/mol. The van der Waals surface area contributed by atoms with Crippen molar-refractivity contribution in [2.75, 3.05) is 0 Å². The lowest BCUT2D eigenvalue weighted by Crippen LogP contribution is -2.96. The third kappa shape index (κ3) is 1.56. The Morgan fingerprint density at radius 2 is 1.54 bits per heavy atom. The molecule has 6 unspecified atom stereocenters. The van der Waals surface area contributed by atoms with E-state index in [9.17, 15) is 40.6 Å². The summed E-state index contributed by atoms with van der Waals surface area (Å²) in [7, 11) is 0. The van der Waals surface area contributed by atoms with Gasteiger partial charge in [-0.25, -0.2) is 0 Å². The van der Waals surface area contributed by atoms with Gasteiger partial charge < -0.3 is 15.9 Å². The largest absolute Gasteiger partial charge is 0.428 e. The Morgan fingerprint density at radius 3 is 2.04 bits per heavy atom. The van der Waals surface area contributed by atoms with Crippen LogP contribution in [-0.2, 0) is 5.54 Å². The van der Waals surface area contributed by atoms with E-state index in [0.717, 1.165) is 0 Å². The van der Waals surface area contributed by atoms with Crippen LogP contribution < -0.4 is 5.73 Å². The van der Waals surface area contributed by atoms with Gasteiger partial charge in [0.05, 0.1) is 4.92 Å². The third-order valence-corrected chi connectivity index (χ3v) is 7.06. The highest BCUT2D eigenvalue weighted by molar-refractivity contribution is 5.42. The van der Waals surface area contributed by atoms with Gasteiger partial charge in [-0.15, -0.1) is 0 Å². The molecule has 4 saturated carbocycles. The maximum Gasteiger partial charge on any atom is 0.428 e. The first-order chi connectivity index (χ1) is 12.9. The van der Waals surface area contributed by atoms with Crippen molar-refractivity contribution < 1.29 is 25.0 Å². The Balaban J connectivity index is 2.22. The van der Waals surface area contributed by atoms with Crippen LogP contribution in [0, 0.1) is 36.3 Å². The zero-order valence-electron chi connectivity index (χ0n) is 14.6. The number of hydrogen-bond donors (Lipinski definition) is 3. The Bertz CT molecular complexity index is 913. The highest BCUT2D eigenvalue weighted by atomic mass is 16.7. The van der Waals surface area contributed by atoms with Gasteiger partial charge in [0, 0.05) is 28.3 Å². The average molecular weight is 394 g/mol. The van der Waals surface area contributed by atoms with Crippen molar-refractivity contribution in [1.82, 2.24) is 0 Å². The van der Waals surface area contributed by atoms with Gasteiger partial charge in [-0.3, -0.25) is 30.3 Å². The maximum atomic E-state index is 12.5. The zero-order valence-corrected chi connectivity index (χ0v) is 14.6. The molecule has 5 rings (SSSR count). The predicted octanol–water partition coefficient (Wildman–Crippen LogP) is -0.215. The minimum Gasteiger partial charge on any atom is -0.379 e. The first-order valence-electron chi connectivity index (χ1n) is 8.66. The molecule has 4 N–H and O–H groups in total. The molecule has 12 heteroatoms. The van der Waals surface area contributed by atoms with Gasteiger partial charge in [0.2, 0.25) is 0 Å². The summed E-state index contributed by atoms with van der Waals surface area (Å²) < 4.78 is 0. The molecule has 0 aliphatic heterocycles. The molecule has 0 saturated heterocycles. The van der Waals surface area contributed by atoms with Gasteiger partial charge in [0.15, 0.2) is 5.60 Å². The Kier molecular flexibility index (Phi) is 3.34. The Hall–Kier alpha value is -2.70. The van der Waals surface area contributed by atoms with Crippen LogP contribution in [0.5, 0.6) is 0 Å². The van der Waals surface area contributed by atoms with Crippen LogP contribution >= 0.6 is 0 Å². The normalized spacial score (nSPS) is 46.3. The van der Waals surface area contributed by atoms with Gasteiger partial charge in [0.1, 0.15) is 5.54 Å². The molecule has 4 bridgehead atoms. The molecule has 1 aromatic carbocycles. The Labute approximate surface area is 157 Å². The molecule has 4 fully saturated rings. The smallest absolute Gasteiger partial charge is 0.379 e. The van der Waals surface area contributed by atoms with Crippen molar-refractivity contribution in [3.8, 4) is 0 Å². The minimum absolute atomic E-state index is 0.0332. The van der Waals surface area contributed by atoms with Crippen molar-refractivity contribution in [3.63, 3.8) is 0 Å². The molecular formula is C16H18N4O8.